The van der Waals surface area contributed by atoms with Gasteiger partial charge in [0.15, 0.2) is 0 Å². The van der Waals surface area contributed by atoms with Gasteiger partial charge in [-0.2, -0.15) is 11.8 Å². The molecule has 1 amide bonds. The first-order chi connectivity index (χ1) is 6.65. The minimum absolute atomic E-state index is 0.0203. The molecule has 0 aromatic carbocycles. The Kier molecular flexibility index (Phi) is 7.28. The van der Waals surface area contributed by atoms with E-state index in [1.807, 2.05) is 13.2 Å². The Morgan fingerprint density at radius 3 is 2.43 bits per heavy atom. The van der Waals surface area contributed by atoms with E-state index in [9.17, 15) is 9.59 Å². The number of nitrogens with zero attached hydrogens (tertiary/aromatic N) is 1. The fraction of sp³-hybridized carbons (Fsp3) is 0.778. The van der Waals surface area contributed by atoms with Crippen LogP contribution in [0, 0.1) is 0 Å². The lowest BCUT2D eigenvalue weighted by atomic mass is 10.4. The van der Waals surface area contributed by atoms with Crippen molar-refractivity contribution in [1.82, 2.24) is 4.90 Å². The minimum Gasteiger partial charge on any atom is -0.465 e. The zero-order chi connectivity index (χ0) is 11.0. The molecule has 0 aliphatic heterocycles. The maximum atomic E-state index is 11.4. The SMILES string of the molecule is CCOC(=O)CN(CC)C(=O)CSC. The molecule has 0 aliphatic rings. The third kappa shape index (κ3) is 5.11. The van der Waals surface area contributed by atoms with Crippen LogP contribution in [-0.2, 0) is 14.3 Å². The molecule has 5 heteroatoms. The van der Waals surface area contributed by atoms with Gasteiger partial charge in [0, 0.05) is 6.54 Å². The predicted molar refractivity (Wildman–Crippen MR) is 57.3 cm³/mol. The van der Waals surface area contributed by atoms with Gasteiger partial charge in [0.1, 0.15) is 6.54 Å². The van der Waals surface area contributed by atoms with Crippen LogP contribution in [0.4, 0.5) is 0 Å². The van der Waals surface area contributed by atoms with Crippen molar-refractivity contribution < 1.29 is 14.3 Å². The largest absolute Gasteiger partial charge is 0.465 e. The number of hydrogen-bond acceptors (Lipinski definition) is 4. The average Bonchev–Trinajstić information content (AvgIpc) is 2.15. The van der Waals surface area contributed by atoms with Gasteiger partial charge in [0.25, 0.3) is 0 Å². The molecule has 0 fully saturated rings. The molecule has 0 N–H and O–H groups in total. The number of amides is 1. The number of likely N-dealkylation sites (N-methyl/N-ethyl adjacent to an activating group) is 1. The molecule has 0 bridgehead atoms. The molecule has 4 nitrogen and oxygen atoms in total. The first kappa shape index (κ1) is 13.3. The molecule has 0 spiro atoms. The van der Waals surface area contributed by atoms with Crippen molar-refractivity contribution >= 4 is 23.6 Å². The van der Waals surface area contributed by atoms with Gasteiger partial charge in [-0.3, -0.25) is 9.59 Å². The van der Waals surface area contributed by atoms with Crippen LogP contribution in [0.15, 0.2) is 0 Å². The lowest BCUT2D eigenvalue weighted by Crippen LogP contribution is -2.37. The summed E-state index contributed by atoms with van der Waals surface area (Å²) in [5.74, 6) is 0.0459. The van der Waals surface area contributed by atoms with E-state index >= 15 is 0 Å². The second-order valence-electron chi connectivity index (χ2n) is 2.65. The van der Waals surface area contributed by atoms with Crippen molar-refractivity contribution in [3.63, 3.8) is 0 Å². The van der Waals surface area contributed by atoms with Crippen molar-refractivity contribution in [2.45, 2.75) is 13.8 Å². The second kappa shape index (κ2) is 7.67. The molecule has 0 aromatic rings. The zero-order valence-corrected chi connectivity index (χ0v) is 9.73. The van der Waals surface area contributed by atoms with E-state index in [-0.39, 0.29) is 18.4 Å². The maximum Gasteiger partial charge on any atom is 0.325 e. The summed E-state index contributed by atoms with van der Waals surface area (Å²) >= 11 is 1.45. The van der Waals surface area contributed by atoms with Gasteiger partial charge in [0.05, 0.1) is 12.4 Å². The zero-order valence-electron chi connectivity index (χ0n) is 8.91. The van der Waals surface area contributed by atoms with Gasteiger partial charge >= 0.3 is 5.97 Å². The van der Waals surface area contributed by atoms with Gasteiger partial charge in [-0.1, -0.05) is 0 Å². The molecule has 82 valence electrons. The molecule has 0 heterocycles. The highest BCUT2D eigenvalue weighted by atomic mass is 32.2. The Bertz CT molecular complexity index is 196. The van der Waals surface area contributed by atoms with Crippen molar-refractivity contribution in [2.24, 2.45) is 0 Å². The Labute approximate surface area is 89.0 Å². The normalized spacial score (nSPS) is 9.64. The highest BCUT2D eigenvalue weighted by molar-refractivity contribution is 7.99. The van der Waals surface area contributed by atoms with Crippen molar-refractivity contribution in [3.8, 4) is 0 Å². The van der Waals surface area contributed by atoms with E-state index in [0.29, 0.717) is 18.9 Å². The smallest absolute Gasteiger partial charge is 0.325 e. The third-order valence-corrected chi connectivity index (χ3v) is 2.16. The van der Waals surface area contributed by atoms with E-state index in [2.05, 4.69) is 0 Å². The van der Waals surface area contributed by atoms with E-state index in [1.165, 1.54) is 16.7 Å². The number of ether oxygens (including phenoxy) is 1. The second-order valence-corrected chi connectivity index (χ2v) is 3.51. The third-order valence-electron chi connectivity index (χ3n) is 1.63. The summed E-state index contributed by atoms with van der Waals surface area (Å²) in [6.07, 6.45) is 1.86. The van der Waals surface area contributed by atoms with Crippen LogP contribution in [-0.4, -0.2) is 48.5 Å². The monoisotopic (exact) mass is 219 g/mol. The molecule has 0 unspecified atom stereocenters. The summed E-state index contributed by atoms with van der Waals surface area (Å²) < 4.78 is 4.76. The summed E-state index contributed by atoms with van der Waals surface area (Å²) in [5, 5.41) is 0. The van der Waals surface area contributed by atoms with Crippen LogP contribution in [0.2, 0.25) is 0 Å². The van der Waals surface area contributed by atoms with Crippen molar-refractivity contribution in [1.29, 1.82) is 0 Å². The first-order valence-corrected chi connectivity index (χ1v) is 5.97. The Morgan fingerprint density at radius 2 is 2.00 bits per heavy atom. The molecule has 0 aromatic heterocycles. The molecule has 0 saturated carbocycles. The summed E-state index contributed by atoms with van der Waals surface area (Å²) in [5.41, 5.74) is 0. The molecular formula is C9H17NO3S. The lowest BCUT2D eigenvalue weighted by Gasteiger charge is -2.18. The number of carbonyl (C=O) groups is 2. The minimum atomic E-state index is -0.344. The van der Waals surface area contributed by atoms with Gasteiger partial charge < -0.3 is 9.64 Å². The van der Waals surface area contributed by atoms with Crippen molar-refractivity contribution in [2.75, 3.05) is 31.7 Å². The first-order valence-electron chi connectivity index (χ1n) is 4.58. The average molecular weight is 219 g/mol. The summed E-state index contributed by atoms with van der Waals surface area (Å²) in [4.78, 5) is 24.0. The van der Waals surface area contributed by atoms with Crippen LogP contribution >= 0.6 is 11.8 Å². The molecule has 0 saturated heterocycles. The number of esters is 1. The van der Waals surface area contributed by atoms with Crippen LogP contribution in [0.1, 0.15) is 13.8 Å². The quantitative estimate of drug-likeness (QED) is 0.619. The number of thioether (sulfide) groups is 1. The van der Waals surface area contributed by atoms with Gasteiger partial charge in [-0.15, -0.1) is 0 Å². The maximum absolute atomic E-state index is 11.4. The van der Waals surface area contributed by atoms with E-state index in [1.54, 1.807) is 6.92 Å². The molecule has 0 aliphatic carbocycles. The van der Waals surface area contributed by atoms with E-state index < -0.39 is 0 Å². The van der Waals surface area contributed by atoms with Crippen LogP contribution in [0.25, 0.3) is 0 Å². The summed E-state index contributed by atoms with van der Waals surface area (Å²) in [7, 11) is 0. The summed E-state index contributed by atoms with van der Waals surface area (Å²) in [6, 6.07) is 0. The van der Waals surface area contributed by atoms with Gasteiger partial charge in [-0.05, 0) is 20.1 Å². The number of carbonyl (C=O) groups excluding carboxylic acids is 2. The molecular weight excluding hydrogens is 202 g/mol. The molecule has 0 radical (unpaired) electrons. The standard InChI is InChI=1S/C9H17NO3S/c1-4-10(8(11)7-14-3)6-9(12)13-5-2/h4-7H2,1-3H3. The van der Waals surface area contributed by atoms with Crippen LogP contribution in [0.3, 0.4) is 0 Å². The number of hydrogen-bond donors (Lipinski definition) is 0. The highest BCUT2D eigenvalue weighted by Gasteiger charge is 2.14. The van der Waals surface area contributed by atoms with Gasteiger partial charge in [0.2, 0.25) is 5.91 Å². The van der Waals surface area contributed by atoms with E-state index in [4.69, 9.17) is 4.74 Å². The Hall–Kier alpha value is -0.710. The van der Waals surface area contributed by atoms with Gasteiger partial charge in [-0.25, -0.2) is 0 Å². The fourth-order valence-electron chi connectivity index (χ4n) is 0.954. The summed E-state index contributed by atoms with van der Waals surface area (Å²) in [6.45, 7) is 4.55. The van der Waals surface area contributed by atoms with Crippen LogP contribution in [0.5, 0.6) is 0 Å². The fourth-order valence-corrected chi connectivity index (χ4v) is 1.38. The Balaban J connectivity index is 4.01. The Morgan fingerprint density at radius 1 is 1.36 bits per heavy atom. The van der Waals surface area contributed by atoms with Crippen LogP contribution < -0.4 is 0 Å². The van der Waals surface area contributed by atoms with E-state index in [0.717, 1.165) is 0 Å². The molecule has 0 atom stereocenters. The van der Waals surface area contributed by atoms with Crippen molar-refractivity contribution in [3.05, 3.63) is 0 Å². The topological polar surface area (TPSA) is 46.6 Å². The molecule has 14 heavy (non-hydrogen) atoms. The highest BCUT2D eigenvalue weighted by Crippen LogP contribution is 1.98. The predicted octanol–water partition coefficient (Wildman–Crippen LogP) is 0.761. The lowest BCUT2D eigenvalue weighted by molar-refractivity contribution is -0.148. The number of rotatable bonds is 6. The molecule has 0 rings (SSSR count).